The second kappa shape index (κ2) is 12.1. The van der Waals surface area contributed by atoms with Crippen molar-refractivity contribution in [2.45, 2.75) is 25.5 Å². The molecule has 1 aliphatic rings. The SMILES string of the molecule is CN1CCC(N(C)c2ccc(C(=O)Nc3n[nH]c4cc(OCCOCc5ccccc5)ccc34)cc2)CC1. The zero-order chi connectivity index (χ0) is 26.3. The molecule has 8 nitrogen and oxygen atoms in total. The number of aromatic amines is 1. The predicted octanol–water partition coefficient (Wildman–Crippen LogP) is 4.94. The van der Waals surface area contributed by atoms with Crippen molar-refractivity contribution in [1.29, 1.82) is 0 Å². The van der Waals surface area contributed by atoms with Gasteiger partial charge < -0.3 is 24.6 Å². The van der Waals surface area contributed by atoms with Crippen LogP contribution in [-0.4, -0.2) is 67.4 Å². The Balaban J connectivity index is 1.13. The molecule has 1 aromatic heterocycles. The summed E-state index contributed by atoms with van der Waals surface area (Å²) >= 11 is 0. The third-order valence-corrected chi connectivity index (χ3v) is 7.15. The minimum absolute atomic E-state index is 0.192. The van der Waals surface area contributed by atoms with Crippen molar-refractivity contribution in [3.05, 3.63) is 83.9 Å². The van der Waals surface area contributed by atoms with E-state index in [1.165, 1.54) is 0 Å². The molecular formula is C30H35N5O3. The molecule has 0 bridgehead atoms. The average Bonchev–Trinajstić information content (AvgIpc) is 3.35. The van der Waals surface area contributed by atoms with E-state index in [0.29, 0.717) is 43.0 Å². The van der Waals surface area contributed by atoms with Gasteiger partial charge in [0.2, 0.25) is 0 Å². The van der Waals surface area contributed by atoms with E-state index in [-0.39, 0.29) is 5.91 Å². The van der Waals surface area contributed by atoms with Gasteiger partial charge in [0.1, 0.15) is 12.4 Å². The van der Waals surface area contributed by atoms with E-state index in [2.05, 4.69) is 39.4 Å². The van der Waals surface area contributed by atoms with Crippen LogP contribution in [0.1, 0.15) is 28.8 Å². The van der Waals surface area contributed by atoms with Crippen molar-refractivity contribution in [2.24, 2.45) is 0 Å². The average molecular weight is 514 g/mol. The Morgan fingerprint density at radius 3 is 2.58 bits per heavy atom. The highest BCUT2D eigenvalue weighted by Gasteiger charge is 2.21. The van der Waals surface area contributed by atoms with Gasteiger partial charge in [-0.1, -0.05) is 30.3 Å². The van der Waals surface area contributed by atoms with Crippen LogP contribution in [0.5, 0.6) is 5.75 Å². The van der Waals surface area contributed by atoms with E-state index in [9.17, 15) is 4.79 Å². The van der Waals surface area contributed by atoms with Crippen LogP contribution in [0, 0.1) is 0 Å². The number of carbonyl (C=O) groups excluding carboxylic acids is 1. The van der Waals surface area contributed by atoms with Crippen molar-refractivity contribution in [1.82, 2.24) is 15.1 Å². The highest BCUT2D eigenvalue weighted by molar-refractivity contribution is 6.08. The van der Waals surface area contributed by atoms with E-state index in [0.717, 1.165) is 48.1 Å². The highest BCUT2D eigenvalue weighted by Crippen LogP contribution is 2.26. The Morgan fingerprint density at radius 1 is 1.05 bits per heavy atom. The number of amides is 1. The van der Waals surface area contributed by atoms with Crippen LogP contribution in [0.15, 0.2) is 72.8 Å². The van der Waals surface area contributed by atoms with Crippen molar-refractivity contribution in [3.63, 3.8) is 0 Å². The lowest BCUT2D eigenvalue weighted by Crippen LogP contribution is -2.41. The summed E-state index contributed by atoms with van der Waals surface area (Å²) in [5.41, 5.74) is 3.64. The van der Waals surface area contributed by atoms with Gasteiger partial charge in [-0.3, -0.25) is 9.89 Å². The first kappa shape index (κ1) is 25.8. The highest BCUT2D eigenvalue weighted by atomic mass is 16.5. The summed E-state index contributed by atoms with van der Waals surface area (Å²) in [6.45, 7) is 3.72. The monoisotopic (exact) mass is 513 g/mol. The maximum atomic E-state index is 12.9. The fourth-order valence-electron chi connectivity index (χ4n) is 4.79. The Morgan fingerprint density at radius 2 is 1.82 bits per heavy atom. The Bertz CT molecular complexity index is 1330. The number of aromatic nitrogens is 2. The molecule has 0 saturated carbocycles. The molecule has 2 heterocycles. The molecule has 0 unspecified atom stereocenters. The molecule has 3 aromatic carbocycles. The van der Waals surface area contributed by atoms with E-state index in [1.807, 2.05) is 72.8 Å². The molecule has 1 saturated heterocycles. The molecule has 2 N–H and O–H groups in total. The molecule has 0 aliphatic carbocycles. The number of piperidine rings is 1. The molecule has 4 aromatic rings. The molecule has 38 heavy (non-hydrogen) atoms. The first-order chi connectivity index (χ1) is 18.6. The molecule has 1 aliphatic heterocycles. The van der Waals surface area contributed by atoms with Crippen LogP contribution in [0.25, 0.3) is 10.9 Å². The summed E-state index contributed by atoms with van der Waals surface area (Å²) in [6.07, 6.45) is 2.30. The lowest BCUT2D eigenvalue weighted by molar-refractivity contribution is 0.0889. The summed E-state index contributed by atoms with van der Waals surface area (Å²) in [6, 6.07) is 24.0. The van der Waals surface area contributed by atoms with E-state index in [4.69, 9.17) is 9.47 Å². The second-order valence-electron chi connectivity index (χ2n) is 9.81. The third kappa shape index (κ3) is 6.33. The molecule has 5 rings (SSSR count). The normalized spacial score (nSPS) is 14.5. The summed E-state index contributed by atoms with van der Waals surface area (Å²) in [5.74, 6) is 1.02. The quantitative estimate of drug-likeness (QED) is 0.292. The van der Waals surface area contributed by atoms with Crippen molar-refractivity contribution < 1.29 is 14.3 Å². The topological polar surface area (TPSA) is 82.7 Å². The van der Waals surface area contributed by atoms with Gasteiger partial charge in [0.25, 0.3) is 5.91 Å². The van der Waals surface area contributed by atoms with Crippen LogP contribution >= 0.6 is 0 Å². The summed E-state index contributed by atoms with van der Waals surface area (Å²) in [5, 5.41) is 11.1. The van der Waals surface area contributed by atoms with Gasteiger partial charge in [-0.05, 0) is 74.9 Å². The van der Waals surface area contributed by atoms with Crippen molar-refractivity contribution in [2.75, 3.05) is 50.6 Å². The third-order valence-electron chi connectivity index (χ3n) is 7.15. The number of likely N-dealkylation sites (tertiary alicyclic amines) is 1. The number of hydrogen-bond donors (Lipinski definition) is 2. The van der Waals surface area contributed by atoms with Crippen LogP contribution < -0.4 is 15.0 Å². The standard InChI is InChI=1S/C30H35N5O3/c1-34-16-14-25(15-17-34)35(2)24-10-8-23(9-11-24)30(36)31-29-27-13-12-26(20-28(27)32-33-29)38-19-18-37-21-22-6-4-3-5-7-22/h3-13,20,25H,14-19,21H2,1-2H3,(H2,31,32,33,36). The Hall–Kier alpha value is -3.88. The van der Waals surface area contributed by atoms with Crippen LogP contribution in [0.3, 0.4) is 0 Å². The molecular weight excluding hydrogens is 478 g/mol. The van der Waals surface area contributed by atoms with Gasteiger partial charge in [0.05, 0.1) is 18.7 Å². The molecule has 1 amide bonds. The van der Waals surface area contributed by atoms with Crippen molar-refractivity contribution in [3.8, 4) is 5.75 Å². The van der Waals surface area contributed by atoms with Gasteiger partial charge >= 0.3 is 0 Å². The predicted molar refractivity (Wildman–Crippen MR) is 151 cm³/mol. The molecule has 0 spiro atoms. The van der Waals surface area contributed by atoms with Crippen LogP contribution in [-0.2, 0) is 11.3 Å². The summed E-state index contributed by atoms with van der Waals surface area (Å²) in [7, 11) is 4.31. The maximum Gasteiger partial charge on any atom is 0.256 e. The number of rotatable bonds is 10. The van der Waals surface area contributed by atoms with Gasteiger partial charge in [0, 0.05) is 35.8 Å². The van der Waals surface area contributed by atoms with Gasteiger partial charge in [-0.2, -0.15) is 5.10 Å². The number of nitrogens with zero attached hydrogens (tertiary/aromatic N) is 3. The molecule has 0 radical (unpaired) electrons. The fraction of sp³-hybridized carbons (Fsp3) is 0.333. The first-order valence-electron chi connectivity index (χ1n) is 13.1. The number of H-pyrrole nitrogens is 1. The largest absolute Gasteiger partial charge is 0.491 e. The lowest BCUT2D eigenvalue weighted by atomic mass is 10.0. The number of fused-ring (bicyclic) bond motifs is 1. The summed E-state index contributed by atoms with van der Waals surface area (Å²) in [4.78, 5) is 17.6. The number of ether oxygens (including phenoxy) is 2. The fourth-order valence-corrected chi connectivity index (χ4v) is 4.79. The Kier molecular flexibility index (Phi) is 8.21. The van der Waals surface area contributed by atoms with E-state index >= 15 is 0 Å². The zero-order valence-electron chi connectivity index (χ0n) is 22.0. The second-order valence-corrected chi connectivity index (χ2v) is 9.81. The van der Waals surface area contributed by atoms with E-state index in [1.54, 1.807) is 0 Å². The zero-order valence-corrected chi connectivity index (χ0v) is 22.0. The van der Waals surface area contributed by atoms with Crippen LogP contribution in [0.2, 0.25) is 0 Å². The van der Waals surface area contributed by atoms with E-state index < -0.39 is 0 Å². The molecule has 8 heteroatoms. The molecule has 0 atom stereocenters. The van der Waals surface area contributed by atoms with Gasteiger partial charge in [0.15, 0.2) is 5.82 Å². The number of anilines is 2. The van der Waals surface area contributed by atoms with Gasteiger partial charge in [-0.25, -0.2) is 0 Å². The number of carbonyl (C=O) groups is 1. The minimum Gasteiger partial charge on any atom is -0.491 e. The summed E-state index contributed by atoms with van der Waals surface area (Å²) < 4.78 is 11.5. The van der Waals surface area contributed by atoms with Gasteiger partial charge in [-0.15, -0.1) is 0 Å². The Labute approximate surface area is 223 Å². The minimum atomic E-state index is -0.192. The van der Waals surface area contributed by atoms with Crippen LogP contribution in [0.4, 0.5) is 11.5 Å². The first-order valence-corrected chi connectivity index (χ1v) is 13.1. The lowest BCUT2D eigenvalue weighted by Gasteiger charge is -2.36. The molecule has 1 fully saturated rings. The molecule has 198 valence electrons. The smallest absolute Gasteiger partial charge is 0.256 e. The number of hydrogen-bond acceptors (Lipinski definition) is 6. The number of nitrogens with one attached hydrogen (secondary N) is 2. The van der Waals surface area contributed by atoms with Crippen molar-refractivity contribution >= 4 is 28.3 Å². The maximum absolute atomic E-state index is 12.9. The number of benzene rings is 3.